The van der Waals surface area contributed by atoms with Crippen LogP contribution in [0.3, 0.4) is 0 Å². The van der Waals surface area contributed by atoms with E-state index in [0.717, 1.165) is 33.3 Å². The monoisotopic (exact) mass is 502 g/mol. The van der Waals surface area contributed by atoms with Crippen molar-refractivity contribution in [2.24, 2.45) is 0 Å². The summed E-state index contributed by atoms with van der Waals surface area (Å²) in [4.78, 5) is 9.56. The Morgan fingerprint density at radius 3 is 1.53 bits per heavy atom. The van der Waals surface area contributed by atoms with Crippen LogP contribution in [-0.2, 0) is 0 Å². The van der Waals surface area contributed by atoms with Gasteiger partial charge in [0.05, 0.1) is 27.4 Å². The van der Waals surface area contributed by atoms with Crippen LogP contribution in [0, 0.1) is 0 Å². The molecule has 0 amide bonds. The van der Waals surface area contributed by atoms with Gasteiger partial charge >= 0.3 is 0 Å². The molecule has 0 aliphatic carbocycles. The Hall–Kier alpha value is -3.35. The average Bonchev–Trinajstić information content (AvgIpc) is 2.87. The molecule has 5 rings (SSSR count). The largest absolute Gasteiger partial charge is 0.256 e. The fourth-order valence-electron chi connectivity index (χ4n) is 4.50. The van der Waals surface area contributed by atoms with Gasteiger partial charge in [-0.15, -0.1) is 0 Å². The first-order valence-electron chi connectivity index (χ1n) is 12.7. The number of nitrogens with zero attached hydrogens (tertiary/aromatic N) is 2. The fourth-order valence-corrected chi connectivity index (χ4v) is 6.83. The molecule has 2 heterocycles. The van der Waals surface area contributed by atoms with Crippen molar-refractivity contribution in [2.45, 2.75) is 39.3 Å². The van der Waals surface area contributed by atoms with Gasteiger partial charge in [0.25, 0.3) is 0 Å². The van der Waals surface area contributed by atoms with E-state index in [2.05, 4.69) is 124 Å². The second-order valence-electron chi connectivity index (χ2n) is 11.7. The number of rotatable bonds is 5. The second kappa shape index (κ2) is 9.27. The highest BCUT2D eigenvalue weighted by atomic mass is 28.3. The zero-order valence-electron chi connectivity index (χ0n) is 22.1. The molecule has 4 heteroatoms. The number of hydrogen-bond acceptors (Lipinski definition) is 2. The van der Waals surface area contributed by atoms with Crippen molar-refractivity contribution >= 4 is 37.4 Å². The smallest absolute Gasteiger partial charge is 0.0775 e. The highest BCUT2D eigenvalue weighted by molar-refractivity contribution is 6.89. The Morgan fingerprint density at radius 1 is 0.444 bits per heavy atom. The van der Waals surface area contributed by atoms with Crippen molar-refractivity contribution in [2.75, 3.05) is 0 Å². The number of hydrogen-bond donors (Lipinski definition) is 0. The Labute approximate surface area is 217 Å². The molecule has 0 atom stereocenters. The van der Waals surface area contributed by atoms with Gasteiger partial charge in [-0.2, -0.15) is 0 Å². The summed E-state index contributed by atoms with van der Waals surface area (Å²) in [6.07, 6.45) is 3.92. The molecule has 36 heavy (non-hydrogen) atoms. The lowest BCUT2D eigenvalue weighted by molar-refractivity contribution is 1.32. The molecular formula is C32H34N2Si2. The SMILES string of the molecule is C[Si](C)(C)c1ccc(-c2ccc3cc(-c4ccc(-c5ccc([Si](C)(C)C)cc5)nc4)cnc3c2)cc1. The first-order valence-corrected chi connectivity index (χ1v) is 19.7. The molecule has 0 saturated carbocycles. The minimum atomic E-state index is -1.29. The number of aromatic nitrogens is 2. The zero-order chi connectivity index (χ0) is 25.5. The van der Waals surface area contributed by atoms with E-state index >= 15 is 0 Å². The first kappa shape index (κ1) is 24.4. The summed E-state index contributed by atoms with van der Waals surface area (Å²) in [5.74, 6) is 0. The molecule has 2 nitrogen and oxygen atoms in total. The predicted octanol–water partition coefficient (Wildman–Crippen LogP) is 7.72. The molecule has 0 spiro atoms. The van der Waals surface area contributed by atoms with E-state index in [1.807, 2.05) is 12.4 Å². The van der Waals surface area contributed by atoms with E-state index in [-0.39, 0.29) is 0 Å². The molecule has 0 aliphatic rings. The lowest BCUT2D eigenvalue weighted by atomic mass is 10.0. The Morgan fingerprint density at radius 2 is 0.972 bits per heavy atom. The maximum Gasteiger partial charge on any atom is 0.0775 e. The summed E-state index contributed by atoms with van der Waals surface area (Å²) in [5.41, 5.74) is 7.78. The van der Waals surface area contributed by atoms with E-state index in [1.165, 1.54) is 21.5 Å². The van der Waals surface area contributed by atoms with Crippen LogP contribution >= 0.6 is 0 Å². The van der Waals surface area contributed by atoms with E-state index in [9.17, 15) is 0 Å². The summed E-state index contributed by atoms with van der Waals surface area (Å²) in [6, 6.07) is 31.0. The molecule has 0 radical (unpaired) electrons. The predicted molar refractivity (Wildman–Crippen MR) is 162 cm³/mol. The molecular weight excluding hydrogens is 469 g/mol. The number of pyridine rings is 2. The molecule has 0 saturated heterocycles. The average molecular weight is 503 g/mol. The molecule has 0 N–H and O–H groups in total. The van der Waals surface area contributed by atoms with Crippen molar-refractivity contribution in [1.82, 2.24) is 9.97 Å². The zero-order valence-corrected chi connectivity index (χ0v) is 24.1. The van der Waals surface area contributed by atoms with E-state index in [4.69, 9.17) is 9.97 Å². The number of benzene rings is 3. The minimum Gasteiger partial charge on any atom is -0.256 e. The highest BCUT2D eigenvalue weighted by Crippen LogP contribution is 2.28. The Bertz CT molecular complexity index is 1510. The molecule has 5 aromatic rings. The lowest BCUT2D eigenvalue weighted by Gasteiger charge is -2.17. The first-order chi connectivity index (χ1) is 17.1. The topological polar surface area (TPSA) is 25.8 Å². The lowest BCUT2D eigenvalue weighted by Crippen LogP contribution is -2.37. The molecule has 180 valence electrons. The minimum absolute atomic E-state index is 0.999. The fraction of sp³-hybridized carbons (Fsp3) is 0.188. The van der Waals surface area contributed by atoms with Crippen molar-refractivity contribution in [3.63, 3.8) is 0 Å². The molecule has 0 bridgehead atoms. The van der Waals surface area contributed by atoms with Crippen LogP contribution in [0.2, 0.25) is 39.3 Å². The van der Waals surface area contributed by atoms with Crippen molar-refractivity contribution in [3.05, 3.63) is 97.3 Å². The van der Waals surface area contributed by atoms with Gasteiger partial charge in [0, 0.05) is 34.5 Å². The Kier molecular flexibility index (Phi) is 6.27. The quantitative estimate of drug-likeness (QED) is 0.230. The third kappa shape index (κ3) is 5.11. The summed E-state index contributed by atoms with van der Waals surface area (Å²) in [5, 5.41) is 4.09. The molecule has 0 unspecified atom stereocenters. The summed E-state index contributed by atoms with van der Waals surface area (Å²) in [6.45, 7) is 14.3. The van der Waals surface area contributed by atoms with Gasteiger partial charge in [0.2, 0.25) is 0 Å². The molecule has 0 fully saturated rings. The van der Waals surface area contributed by atoms with Gasteiger partial charge in [0.15, 0.2) is 0 Å². The normalized spacial score (nSPS) is 12.2. The van der Waals surface area contributed by atoms with Gasteiger partial charge in [0.1, 0.15) is 0 Å². The van der Waals surface area contributed by atoms with Crippen LogP contribution in [0.15, 0.2) is 97.3 Å². The summed E-state index contributed by atoms with van der Waals surface area (Å²) in [7, 11) is -2.58. The second-order valence-corrected chi connectivity index (χ2v) is 21.9. The third-order valence-electron chi connectivity index (χ3n) is 6.91. The van der Waals surface area contributed by atoms with Gasteiger partial charge in [-0.25, -0.2) is 0 Å². The van der Waals surface area contributed by atoms with Crippen LogP contribution in [0.4, 0.5) is 0 Å². The summed E-state index contributed by atoms with van der Waals surface area (Å²) >= 11 is 0. The van der Waals surface area contributed by atoms with Crippen LogP contribution < -0.4 is 10.4 Å². The van der Waals surface area contributed by atoms with E-state index < -0.39 is 16.1 Å². The standard InChI is InChI=1S/C32H34N2Si2/c1-35(2,3)29-14-9-23(10-15-29)25-7-8-26-19-28(22-34-32(26)20-25)27-13-18-31(33-21-27)24-11-16-30(17-12-24)36(4,5)6/h7-22H,1-6H3. The summed E-state index contributed by atoms with van der Waals surface area (Å²) < 4.78 is 0. The maximum atomic E-state index is 4.80. The van der Waals surface area contributed by atoms with Crippen LogP contribution in [0.25, 0.3) is 44.4 Å². The van der Waals surface area contributed by atoms with Gasteiger partial charge in [-0.05, 0) is 29.3 Å². The molecule has 2 aromatic heterocycles. The van der Waals surface area contributed by atoms with Crippen molar-refractivity contribution < 1.29 is 0 Å². The highest BCUT2D eigenvalue weighted by Gasteiger charge is 2.17. The Balaban J connectivity index is 1.38. The van der Waals surface area contributed by atoms with Crippen molar-refractivity contribution in [3.8, 4) is 33.5 Å². The van der Waals surface area contributed by atoms with Crippen LogP contribution in [-0.4, -0.2) is 26.1 Å². The number of fused-ring (bicyclic) bond motifs is 1. The van der Waals surface area contributed by atoms with Crippen molar-refractivity contribution in [1.29, 1.82) is 0 Å². The van der Waals surface area contributed by atoms with Gasteiger partial charge < -0.3 is 0 Å². The van der Waals surface area contributed by atoms with Gasteiger partial charge in [-0.3, -0.25) is 9.97 Å². The van der Waals surface area contributed by atoms with E-state index in [0.29, 0.717) is 0 Å². The maximum absolute atomic E-state index is 4.80. The van der Waals surface area contributed by atoms with E-state index in [1.54, 1.807) is 0 Å². The molecule has 3 aromatic carbocycles. The van der Waals surface area contributed by atoms with Crippen LogP contribution in [0.5, 0.6) is 0 Å². The van der Waals surface area contributed by atoms with Crippen LogP contribution in [0.1, 0.15) is 0 Å². The third-order valence-corrected chi connectivity index (χ3v) is 11.0. The van der Waals surface area contributed by atoms with Gasteiger partial charge in [-0.1, -0.05) is 116 Å². The molecule has 0 aliphatic heterocycles.